The van der Waals surface area contributed by atoms with Gasteiger partial charge in [0.05, 0.1) is 6.61 Å². The number of nitrogens with zero attached hydrogens (tertiary/aromatic N) is 2. The van der Waals surface area contributed by atoms with E-state index in [4.69, 9.17) is 4.74 Å². The predicted octanol–water partition coefficient (Wildman–Crippen LogP) is 4.01. The zero-order valence-electron chi connectivity index (χ0n) is 13.9. The highest BCUT2D eigenvalue weighted by molar-refractivity contribution is 5.13. The summed E-state index contributed by atoms with van der Waals surface area (Å²) >= 11 is 0. The molecular formula is C19H29N2O+. The summed E-state index contributed by atoms with van der Waals surface area (Å²) in [6, 6.07) is 10.5. The molecule has 0 bridgehead atoms. The minimum absolute atomic E-state index is 0.643. The average Bonchev–Trinajstić information content (AvgIpc) is 2.99. The van der Waals surface area contributed by atoms with Crippen molar-refractivity contribution in [2.45, 2.75) is 52.8 Å². The Morgan fingerprint density at radius 3 is 2.73 bits per heavy atom. The molecule has 1 heterocycles. The number of imidazole rings is 1. The smallest absolute Gasteiger partial charge is 0.245 e. The monoisotopic (exact) mass is 301 g/mol. The second-order valence-electron chi connectivity index (χ2n) is 6.00. The lowest BCUT2D eigenvalue weighted by molar-refractivity contribution is -0.688. The minimum atomic E-state index is 0.643. The maximum absolute atomic E-state index is 5.88. The van der Waals surface area contributed by atoms with Crippen LogP contribution in [-0.4, -0.2) is 11.2 Å². The van der Waals surface area contributed by atoms with Crippen LogP contribution in [0.15, 0.2) is 49.1 Å². The Kier molecular flexibility index (Phi) is 7.17. The average molecular weight is 301 g/mol. The van der Waals surface area contributed by atoms with Crippen molar-refractivity contribution in [1.82, 2.24) is 4.57 Å². The standard InChI is InChI=1S/C19H29N2O/c1-3-5-9-18(4-2)15-22-17-21-13-12-20(16-21)14-19-10-7-6-8-11-19/h6-8,10-13,16,18H,3-5,9,14-15,17H2,1-2H3/q+1/t18-/m1/s1. The van der Waals surface area contributed by atoms with Crippen LogP contribution in [0.3, 0.4) is 0 Å². The van der Waals surface area contributed by atoms with Gasteiger partial charge in [-0.05, 0) is 17.9 Å². The maximum Gasteiger partial charge on any atom is 0.245 e. The third-order valence-corrected chi connectivity index (χ3v) is 4.09. The van der Waals surface area contributed by atoms with Gasteiger partial charge >= 0.3 is 0 Å². The van der Waals surface area contributed by atoms with Crippen LogP contribution in [0.5, 0.6) is 0 Å². The highest BCUT2D eigenvalue weighted by Gasteiger charge is 2.08. The number of hydrogen-bond donors (Lipinski definition) is 0. The van der Waals surface area contributed by atoms with Crippen LogP contribution in [0.4, 0.5) is 0 Å². The molecule has 0 N–H and O–H groups in total. The number of benzene rings is 1. The van der Waals surface area contributed by atoms with Crippen molar-refractivity contribution in [1.29, 1.82) is 0 Å². The summed E-state index contributed by atoms with van der Waals surface area (Å²) in [6.07, 6.45) is 11.4. The molecule has 0 aliphatic carbocycles. The largest absolute Gasteiger partial charge is 0.341 e. The third-order valence-electron chi connectivity index (χ3n) is 4.09. The Labute approximate surface area is 134 Å². The summed E-state index contributed by atoms with van der Waals surface area (Å²) in [7, 11) is 0. The second-order valence-corrected chi connectivity index (χ2v) is 6.00. The molecule has 3 nitrogen and oxygen atoms in total. The molecule has 0 radical (unpaired) electrons. The van der Waals surface area contributed by atoms with Crippen LogP contribution >= 0.6 is 0 Å². The van der Waals surface area contributed by atoms with Gasteiger partial charge in [-0.25, -0.2) is 9.13 Å². The highest BCUT2D eigenvalue weighted by atomic mass is 16.5. The van der Waals surface area contributed by atoms with Crippen LogP contribution in [0.25, 0.3) is 0 Å². The van der Waals surface area contributed by atoms with E-state index in [1.54, 1.807) is 0 Å². The molecule has 120 valence electrons. The van der Waals surface area contributed by atoms with E-state index in [2.05, 4.69) is 72.0 Å². The fraction of sp³-hybridized carbons (Fsp3) is 0.526. The maximum atomic E-state index is 5.88. The summed E-state index contributed by atoms with van der Waals surface area (Å²) in [5, 5.41) is 0. The van der Waals surface area contributed by atoms with E-state index in [1.807, 2.05) is 0 Å². The van der Waals surface area contributed by atoms with E-state index in [1.165, 1.54) is 31.2 Å². The Morgan fingerprint density at radius 2 is 2.00 bits per heavy atom. The van der Waals surface area contributed by atoms with Gasteiger partial charge in [-0.15, -0.1) is 0 Å². The minimum Gasteiger partial charge on any atom is -0.341 e. The first-order valence-electron chi connectivity index (χ1n) is 8.48. The van der Waals surface area contributed by atoms with Crippen molar-refractivity contribution < 1.29 is 9.30 Å². The van der Waals surface area contributed by atoms with Crippen LogP contribution < -0.4 is 4.57 Å². The first kappa shape index (κ1) is 16.8. The van der Waals surface area contributed by atoms with Gasteiger partial charge in [-0.2, -0.15) is 0 Å². The quantitative estimate of drug-likeness (QED) is 0.606. The van der Waals surface area contributed by atoms with Gasteiger partial charge < -0.3 is 4.74 Å². The van der Waals surface area contributed by atoms with Gasteiger partial charge in [-0.3, -0.25) is 0 Å². The molecule has 0 spiro atoms. The molecule has 1 aromatic carbocycles. The van der Waals surface area contributed by atoms with Gasteiger partial charge in [0, 0.05) is 0 Å². The number of aromatic nitrogens is 2. The lowest BCUT2D eigenvalue weighted by Crippen LogP contribution is -2.31. The summed E-state index contributed by atoms with van der Waals surface area (Å²) in [4.78, 5) is 0. The first-order chi connectivity index (χ1) is 10.8. The zero-order chi connectivity index (χ0) is 15.6. The van der Waals surface area contributed by atoms with E-state index in [0.717, 1.165) is 13.2 Å². The molecule has 0 amide bonds. The van der Waals surface area contributed by atoms with Crippen molar-refractivity contribution in [3.8, 4) is 0 Å². The molecular weight excluding hydrogens is 272 g/mol. The summed E-state index contributed by atoms with van der Waals surface area (Å²) < 4.78 is 10.2. The number of rotatable bonds is 10. The van der Waals surface area contributed by atoms with Gasteiger partial charge in [0.15, 0.2) is 6.73 Å². The van der Waals surface area contributed by atoms with Crippen LogP contribution in [0, 0.1) is 5.92 Å². The van der Waals surface area contributed by atoms with Crippen molar-refractivity contribution in [3.63, 3.8) is 0 Å². The fourth-order valence-corrected chi connectivity index (χ4v) is 2.63. The zero-order valence-corrected chi connectivity index (χ0v) is 13.9. The van der Waals surface area contributed by atoms with Crippen LogP contribution in [0.2, 0.25) is 0 Å². The topological polar surface area (TPSA) is 18.0 Å². The summed E-state index contributed by atoms with van der Waals surface area (Å²) in [5.41, 5.74) is 1.32. The van der Waals surface area contributed by atoms with Gasteiger partial charge in [-0.1, -0.05) is 63.4 Å². The van der Waals surface area contributed by atoms with E-state index < -0.39 is 0 Å². The molecule has 0 fully saturated rings. The van der Waals surface area contributed by atoms with Crippen LogP contribution in [0.1, 0.15) is 45.1 Å². The molecule has 22 heavy (non-hydrogen) atoms. The lowest BCUT2D eigenvalue weighted by Gasteiger charge is -2.13. The molecule has 3 heteroatoms. The third kappa shape index (κ3) is 5.64. The molecule has 0 unspecified atom stereocenters. The molecule has 2 aromatic rings. The highest BCUT2D eigenvalue weighted by Crippen LogP contribution is 2.12. The molecule has 0 aliphatic rings. The Morgan fingerprint density at radius 1 is 1.18 bits per heavy atom. The van der Waals surface area contributed by atoms with E-state index in [9.17, 15) is 0 Å². The van der Waals surface area contributed by atoms with Gasteiger partial charge in [0.1, 0.15) is 18.9 Å². The summed E-state index contributed by atoms with van der Waals surface area (Å²) in [5.74, 6) is 0.701. The fourth-order valence-electron chi connectivity index (χ4n) is 2.63. The number of ether oxygens (including phenoxy) is 1. The van der Waals surface area contributed by atoms with Gasteiger partial charge in [0.25, 0.3) is 0 Å². The van der Waals surface area contributed by atoms with E-state index in [-0.39, 0.29) is 0 Å². The lowest BCUT2D eigenvalue weighted by atomic mass is 10.0. The van der Waals surface area contributed by atoms with Crippen molar-refractivity contribution in [3.05, 3.63) is 54.6 Å². The van der Waals surface area contributed by atoms with Crippen molar-refractivity contribution in [2.75, 3.05) is 6.61 Å². The van der Waals surface area contributed by atoms with Crippen molar-refractivity contribution >= 4 is 0 Å². The Hall–Kier alpha value is -1.61. The molecule has 1 aromatic heterocycles. The second kappa shape index (κ2) is 9.42. The Bertz CT molecular complexity index is 521. The SMILES string of the molecule is CCCC[C@@H](CC)COCn1cc[n+](Cc2ccccc2)c1. The normalized spacial score (nSPS) is 12.5. The van der Waals surface area contributed by atoms with Crippen LogP contribution in [-0.2, 0) is 18.0 Å². The predicted molar refractivity (Wildman–Crippen MR) is 89.4 cm³/mol. The number of unbranched alkanes of at least 4 members (excludes halogenated alkanes) is 1. The summed E-state index contributed by atoms with van der Waals surface area (Å²) in [6.45, 7) is 6.92. The first-order valence-corrected chi connectivity index (χ1v) is 8.48. The molecule has 2 rings (SSSR count). The van der Waals surface area contributed by atoms with Gasteiger partial charge in [0.2, 0.25) is 6.33 Å². The Balaban J connectivity index is 1.75. The molecule has 0 aliphatic heterocycles. The molecule has 1 atom stereocenters. The van der Waals surface area contributed by atoms with E-state index in [0.29, 0.717) is 12.6 Å². The number of hydrogen-bond acceptors (Lipinski definition) is 1. The molecule has 0 saturated carbocycles. The van der Waals surface area contributed by atoms with E-state index >= 15 is 0 Å². The molecule has 0 saturated heterocycles. The van der Waals surface area contributed by atoms with Crippen molar-refractivity contribution in [2.24, 2.45) is 5.92 Å².